The molecule has 1 unspecified atom stereocenters. The zero-order valence-corrected chi connectivity index (χ0v) is 15.8. The molecule has 0 fully saturated rings. The molecule has 0 aromatic carbocycles. The number of amides is 1. The Kier molecular flexibility index (Phi) is 15.1. The van der Waals surface area contributed by atoms with Crippen LogP contribution in [0.25, 0.3) is 0 Å². The fourth-order valence-electron chi connectivity index (χ4n) is 1.36. The van der Waals surface area contributed by atoms with Crippen molar-refractivity contribution in [2.75, 3.05) is 18.1 Å². The van der Waals surface area contributed by atoms with E-state index in [2.05, 4.69) is 30.6 Å². The molecule has 0 radical (unpaired) electrons. The normalized spacial score (nSPS) is 12.6. The summed E-state index contributed by atoms with van der Waals surface area (Å²) in [6.45, 7) is -0.112. The van der Waals surface area contributed by atoms with Gasteiger partial charge >= 0.3 is 29.6 Å². The molecule has 9 heteroatoms. The largest absolute Gasteiger partial charge is 1.00 e. The van der Waals surface area contributed by atoms with E-state index in [1.807, 2.05) is 0 Å². The van der Waals surface area contributed by atoms with Gasteiger partial charge in [-0.05, 0) is 25.0 Å². The van der Waals surface area contributed by atoms with Gasteiger partial charge in [0.1, 0.15) is 0 Å². The first-order valence-corrected chi connectivity index (χ1v) is 8.57. The van der Waals surface area contributed by atoms with Crippen molar-refractivity contribution in [1.29, 1.82) is 0 Å². The first-order chi connectivity index (χ1) is 8.35. The van der Waals surface area contributed by atoms with Crippen LogP contribution in [-0.2, 0) is 14.9 Å². The van der Waals surface area contributed by atoms with Crippen LogP contribution in [-0.4, -0.2) is 42.2 Å². The maximum absolute atomic E-state index is 11.3. The van der Waals surface area contributed by atoms with Gasteiger partial charge < -0.3 is 9.87 Å². The molecule has 1 amide bonds. The van der Waals surface area contributed by atoms with Crippen molar-refractivity contribution in [1.82, 2.24) is 5.32 Å². The number of rotatable bonds is 10. The second-order valence-corrected chi connectivity index (χ2v) is 6.72. The van der Waals surface area contributed by atoms with Gasteiger partial charge in [0, 0.05) is 18.2 Å². The van der Waals surface area contributed by atoms with E-state index in [1.165, 1.54) is 0 Å². The van der Waals surface area contributed by atoms with Crippen molar-refractivity contribution in [3.8, 4) is 0 Å². The first-order valence-electron chi connectivity index (χ1n) is 5.84. The summed E-state index contributed by atoms with van der Waals surface area (Å²) in [7, 11) is -4.24. The van der Waals surface area contributed by atoms with Crippen molar-refractivity contribution in [2.24, 2.45) is 0 Å². The molecule has 0 rings (SSSR count). The number of carbonyl (C=O) groups is 1. The maximum atomic E-state index is 11.3. The van der Waals surface area contributed by atoms with Crippen LogP contribution < -0.4 is 34.9 Å². The number of hydrogen-bond acceptors (Lipinski definition) is 6. The van der Waals surface area contributed by atoms with Crippen LogP contribution >= 0.6 is 25.3 Å². The maximum Gasteiger partial charge on any atom is 1.00 e. The van der Waals surface area contributed by atoms with E-state index in [-0.39, 0.29) is 42.0 Å². The second-order valence-electron chi connectivity index (χ2n) is 4.02. The molecule has 0 bridgehead atoms. The van der Waals surface area contributed by atoms with E-state index in [1.54, 1.807) is 0 Å². The molecule has 0 saturated carbocycles. The van der Waals surface area contributed by atoms with Crippen LogP contribution in [0.1, 0.15) is 32.1 Å². The Morgan fingerprint density at radius 2 is 1.89 bits per heavy atom. The minimum Gasteiger partial charge on any atom is -0.748 e. The van der Waals surface area contributed by atoms with Gasteiger partial charge in [0.15, 0.2) is 0 Å². The molecule has 0 spiro atoms. The Morgan fingerprint density at radius 1 is 1.26 bits per heavy atom. The van der Waals surface area contributed by atoms with Crippen LogP contribution in [0, 0.1) is 0 Å². The topological polar surface area (TPSA) is 86.3 Å². The number of thiol groups is 2. The van der Waals surface area contributed by atoms with E-state index >= 15 is 0 Å². The van der Waals surface area contributed by atoms with Crippen LogP contribution in [0.15, 0.2) is 0 Å². The van der Waals surface area contributed by atoms with Gasteiger partial charge in [-0.1, -0.05) is 6.42 Å². The Bertz CT molecular complexity index is 338. The molecule has 0 saturated heterocycles. The van der Waals surface area contributed by atoms with Crippen molar-refractivity contribution in [3.63, 3.8) is 0 Å². The number of unbranched alkanes of at least 4 members (excludes halogenated alkanes) is 1. The Morgan fingerprint density at radius 3 is 2.42 bits per heavy atom. The molecule has 0 aliphatic carbocycles. The van der Waals surface area contributed by atoms with Crippen LogP contribution in [0.5, 0.6) is 0 Å². The zero-order chi connectivity index (χ0) is 14.0. The SMILES string of the molecule is O=C(CCCCC(S)CCS)NCCS(=O)(=O)[O-].[Na+]. The van der Waals surface area contributed by atoms with E-state index < -0.39 is 15.9 Å². The van der Waals surface area contributed by atoms with Gasteiger partial charge in [0.25, 0.3) is 0 Å². The van der Waals surface area contributed by atoms with Crippen LogP contribution in [0.2, 0.25) is 0 Å². The first kappa shape index (κ1) is 22.4. The molecule has 0 heterocycles. The summed E-state index contributed by atoms with van der Waals surface area (Å²) in [5.41, 5.74) is 0. The average Bonchev–Trinajstić information content (AvgIpc) is 2.23. The monoisotopic (exact) mass is 337 g/mol. The van der Waals surface area contributed by atoms with Gasteiger partial charge in [0.05, 0.1) is 15.9 Å². The summed E-state index contributed by atoms with van der Waals surface area (Å²) < 4.78 is 30.9. The third kappa shape index (κ3) is 17.0. The molecule has 0 aliphatic rings. The summed E-state index contributed by atoms with van der Waals surface area (Å²) in [5.74, 6) is 0.0288. The van der Waals surface area contributed by atoms with Crippen molar-refractivity contribution in [2.45, 2.75) is 37.4 Å². The fraction of sp³-hybridized carbons (Fsp3) is 0.900. The minimum atomic E-state index is -4.24. The Labute approximate surface area is 148 Å². The molecule has 108 valence electrons. The number of nitrogens with one attached hydrogen (secondary N) is 1. The Balaban J connectivity index is 0. The molecule has 1 atom stereocenters. The van der Waals surface area contributed by atoms with Gasteiger partial charge in [0.2, 0.25) is 5.91 Å². The molecule has 0 aromatic rings. The molecule has 19 heavy (non-hydrogen) atoms. The average molecular weight is 337 g/mol. The predicted molar refractivity (Wildman–Crippen MR) is 77.3 cm³/mol. The standard InChI is InChI=1S/C10H21NO4S3.Na/c12-10(11-6-8-18(13,14)15)4-2-1-3-9(17)5-7-16;/h9,16-17H,1-8H2,(H,11,12)(H,13,14,15);/q;+1/p-1. The summed E-state index contributed by atoms with van der Waals surface area (Å²) in [4.78, 5) is 11.3. The summed E-state index contributed by atoms with van der Waals surface area (Å²) in [6, 6.07) is 0. The summed E-state index contributed by atoms with van der Waals surface area (Å²) in [5, 5.41) is 2.72. The zero-order valence-electron chi connectivity index (χ0n) is 11.2. The molecular formula is C10H20NNaO4S3. The van der Waals surface area contributed by atoms with Gasteiger partial charge in [-0.25, -0.2) is 8.42 Å². The van der Waals surface area contributed by atoms with Crippen molar-refractivity contribution >= 4 is 41.3 Å². The molecule has 0 aromatic heterocycles. The molecule has 1 N–H and O–H groups in total. The second kappa shape index (κ2) is 12.8. The van der Waals surface area contributed by atoms with Crippen molar-refractivity contribution in [3.05, 3.63) is 0 Å². The van der Waals surface area contributed by atoms with Gasteiger partial charge in [-0.3, -0.25) is 4.79 Å². The Hall–Kier alpha value is 1.08. The van der Waals surface area contributed by atoms with Crippen LogP contribution in [0.4, 0.5) is 0 Å². The fourth-order valence-corrected chi connectivity index (χ4v) is 2.54. The van der Waals surface area contributed by atoms with E-state index in [9.17, 15) is 17.8 Å². The molecular weight excluding hydrogens is 317 g/mol. The number of carbonyl (C=O) groups excluding carboxylic acids is 1. The molecule has 0 aliphatic heterocycles. The quantitative estimate of drug-likeness (QED) is 0.183. The van der Waals surface area contributed by atoms with Gasteiger partial charge in [-0.15, -0.1) is 0 Å². The third-order valence-electron chi connectivity index (χ3n) is 2.33. The van der Waals surface area contributed by atoms with Crippen LogP contribution in [0.3, 0.4) is 0 Å². The summed E-state index contributed by atoms with van der Waals surface area (Å²) in [6.07, 6.45) is 3.86. The van der Waals surface area contributed by atoms with E-state index in [0.717, 1.165) is 31.4 Å². The smallest absolute Gasteiger partial charge is 0.748 e. The van der Waals surface area contributed by atoms with Crippen molar-refractivity contribution < 1.29 is 47.3 Å². The number of hydrogen-bond donors (Lipinski definition) is 3. The predicted octanol–water partition coefficient (Wildman–Crippen LogP) is -2.17. The van der Waals surface area contributed by atoms with Gasteiger partial charge in [-0.2, -0.15) is 25.3 Å². The molecule has 5 nitrogen and oxygen atoms in total. The third-order valence-corrected chi connectivity index (χ3v) is 3.81. The summed E-state index contributed by atoms with van der Waals surface area (Å²) >= 11 is 8.48. The minimum absolute atomic E-state index is 0. The van der Waals surface area contributed by atoms with E-state index in [4.69, 9.17) is 0 Å². The van der Waals surface area contributed by atoms with E-state index in [0.29, 0.717) is 11.7 Å².